The minimum Gasteiger partial charge on any atom is -0.490 e. The first kappa shape index (κ1) is 38.4. The van der Waals surface area contributed by atoms with Crippen molar-refractivity contribution in [1.29, 1.82) is 0 Å². The van der Waals surface area contributed by atoms with Gasteiger partial charge in [0.05, 0.1) is 12.1 Å². The van der Waals surface area contributed by atoms with Crippen LogP contribution >= 0.6 is 0 Å². The first-order valence-corrected chi connectivity index (χ1v) is 19.8. The highest BCUT2D eigenvalue weighted by Crippen LogP contribution is 2.26. The second kappa shape index (κ2) is 20.2. The summed E-state index contributed by atoms with van der Waals surface area (Å²) in [7, 11) is 0. The molecule has 53 heavy (non-hydrogen) atoms. The third kappa shape index (κ3) is 12.4. The lowest BCUT2D eigenvalue weighted by Gasteiger charge is -2.35. The smallest absolute Gasteiger partial charge is 0.234 e. The Balaban J connectivity index is 0.865. The molecule has 2 aliphatic rings. The van der Waals surface area contributed by atoms with Gasteiger partial charge in [0.15, 0.2) is 0 Å². The summed E-state index contributed by atoms with van der Waals surface area (Å²) in [6, 6.07) is 31.1. The number of piperazine rings is 1. The standard InChI is InChI=1S/C44H57N5O4/c50-39(33-53-42-21-9-20-41-40(42)19-10-26-45-41)31-48-27-29-49(30-28-48)32-43(51)46-38-24-22-36(23-25-38)44(52)47-37(17-7-15-34-11-3-1-4-12-34)18-8-16-35-13-5-2-6-14-35/h1-6,9-14,19-21,26,36-39,50H,7-8,15-18,22-25,27-33H2,(H,46,51)(H,47,52)/t36?,38?,39-/m0/s1. The number of fused-ring (bicyclic) bond motifs is 1. The molecule has 0 spiro atoms. The quantitative estimate of drug-likeness (QED) is 0.119. The Kier molecular flexibility index (Phi) is 14.7. The van der Waals surface area contributed by atoms with E-state index < -0.39 is 6.10 Å². The van der Waals surface area contributed by atoms with Gasteiger partial charge >= 0.3 is 0 Å². The molecule has 2 amide bonds. The maximum absolute atomic E-state index is 13.5. The van der Waals surface area contributed by atoms with E-state index in [2.05, 4.69) is 86.1 Å². The molecule has 0 unspecified atom stereocenters. The molecule has 2 heterocycles. The number of rotatable bonds is 18. The number of carbonyl (C=O) groups is 2. The van der Waals surface area contributed by atoms with Crippen molar-refractivity contribution in [3.05, 3.63) is 108 Å². The third-order valence-corrected chi connectivity index (χ3v) is 10.9. The van der Waals surface area contributed by atoms with Crippen molar-refractivity contribution in [3.8, 4) is 5.75 Å². The Morgan fingerprint density at radius 3 is 2.08 bits per heavy atom. The van der Waals surface area contributed by atoms with Gasteiger partial charge in [0.2, 0.25) is 11.8 Å². The van der Waals surface area contributed by atoms with Crippen molar-refractivity contribution >= 4 is 22.7 Å². The van der Waals surface area contributed by atoms with Crippen LogP contribution in [0.15, 0.2) is 97.2 Å². The minimum atomic E-state index is -0.612. The Morgan fingerprint density at radius 1 is 0.774 bits per heavy atom. The van der Waals surface area contributed by atoms with Crippen molar-refractivity contribution in [2.75, 3.05) is 45.9 Å². The van der Waals surface area contributed by atoms with Crippen molar-refractivity contribution < 1.29 is 19.4 Å². The maximum atomic E-state index is 13.5. The highest BCUT2D eigenvalue weighted by atomic mass is 16.5. The fourth-order valence-corrected chi connectivity index (χ4v) is 7.85. The fraction of sp³-hybridized carbons (Fsp3) is 0.477. The lowest BCUT2D eigenvalue weighted by Crippen LogP contribution is -2.52. The van der Waals surface area contributed by atoms with E-state index in [1.807, 2.05) is 30.3 Å². The first-order chi connectivity index (χ1) is 26.0. The number of amides is 2. The van der Waals surface area contributed by atoms with Crippen LogP contribution in [0.3, 0.4) is 0 Å². The normalized spacial score (nSPS) is 18.8. The molecule has 1 aliphatic heterocycles. The molecule has 9 heteroatoms. The predicted octanol–water partition coefficient (Wildman–Crippen LogP) is 5.80. The lowest BCUT2D eigenvalue weighted by molar-refractivity contribution is -0.127. The van der Waals surface area contributed by atoms with Crippen molar-refractivity contribution in [2.24, 2.45) is 5.92 Å². The number of benzene rings is 3. The number of pyridine rings is 1. The fourth-order valence-electron chi connectivity index (χ4n) is 7.85. The van der Waals surface area contributed by atoms with E-state index in [0.29, 0.717) is 13.1 Å². The van der Waals surface area contributed by atoms with E-state index in [1.165, 1.54) is 11.1 Å². The summed E-state index contributed by atoms with van der Waals surface area (Å²) in [4.78, 5) is 35.3. The van der Waals surface area contributed by atoms with E-state index in [0.717, 1.165) is 107 Å². The van der Waals surface area contributed by atoms with Crippen molar-refractivity contribution in [1.82, 2.24) is 25.4 Å². The second-order valence-corrected chi connectivity index (χ2v) is 14.9. The van der Waals surface area contributed by atoms with Gasteiger partial charge in [0, 0.05) is 62.3 Å². The van der Waals surface area contributed by atoms with Gasteiger partial charge < -0.3 is 20.5 Å². The molecule has 9 nitrogen and oxygen atoms in total. The molecule has 1 aromatic heterocycles. The predicted molar refractivity (Wildman–Crippen MR) is 211 cm³/mol. The molecular formula is C44H57N5O4. The van der Waals surface area contributed by atoms with E-state index >= 15 is 0 Å². The Bertz CT molecular complexity index is 1640. The number of nitrogens with zero attached hydrogens (tertiary/aromatic N) is 3. The summed E-state index contributed by atoms with van der Waals surface area (Å²) in [5.74, 6) is 0.971. The zero-order chi connectivity index (χ0) is 36.7. The molecule has 6 rings (SSSR count). The highest BCUT2D eigenvalue weighted by molar-refractivity contribution is 5.84. The molecule has 1 saturated carbocycles. The maximum Gasteiger partial charge on any atom is 0.234 e. The van der Waals surface area contributed by atoms with Crippen LogP contribution in [0.2, 0.25) is 0 Å². The van der Waals surface area contributed by atoms with Crippen LogP contribution in [0.25, 0.3) is 10.9 Å². The van der Waals surface area contributed by atoms with Gasteiger partial charge in [0.25, 0.3) is 0 Å². The van der Waals surface area contributed by atoms with Crippen LogP contribution in [-0.2, 0) is 22.4 Å². The average molecular weight is 720 g/mol. The molecule has 3 N–H and O–H groups in total. The Hall–Kier alpha value is -4.31. The SMILES string of the molecule is O=C(CN1CCN(C[C@H](O)COc2cccc3ncccc23)CC1)NC1CCC(C(=O)NC(CCCc2ccccc2)CCCc2ccccc2)CC1. The van der Waals surface area contributed by atoms with E-state index in [9.17, 15) is 14.7 Å². The molecular weight excluding hydrogens is 663 g/mol. The summed E-state index contributed by atoms with van der Waals surface area (Å²) in [6.07, 6.45) is 10.5. The van der Waals surface area contributed by atoms with Crippen LogP contribution in [0.1, 0.15) is 62.5 Å². The van der Waals surface area contributed by atoms with Crippen molar-refractivity contribution in [2.45, 2.75) is 82.4 Å². The van der Waals surface area contributed by atoms with Crippen LogP contribution in [0.4, 0.5) is 0 Å². The summed E-state index contributed by atoms with van der Waals surface area (Å²) in [5, 5.41) is 18.3. The molecule has 1 saturated heterocycles. The average Bonchev–Trinajstić information content (AvgIpc) is 3.19. The largest absolute Gasteiger partial charge is 0.490 e. The number of hydrogen-bond donors (Lipinski definition) is 3. The molecule has 1 aliphatic carbocycles. The summed E-state index contributed by atoms with van der Waals surface area (Å²) >= 11 is 0. The Labute approximate surface area is 315 Å². The summed E-state index contributed by atoms with van der Waals surface area (Å²) < 4.78 is 5.96. The molecule has 282 valence electrons. The molecule has 1 atom stereocenters. The van der Waals surface area contributed by atoms with Gasteiger partial charge in [-0.1, -0.05) is 66.7 Å². The minimum absolute atomic E-state index is 0.00627. The topological polar surface area (TPSA) is 107 Å². The van der Waals surface area contributed by atoms with Gasteiger partial charge in [-0.3, -0.25) is 24.4 Å². The van der Waals surface area contributed by atoms with Gasteiger partial charge in [-0.15, -0.1) is 0 Å². The number of hydrogen-bond acceptors (Lipinski definition) is 7. The van der Waals surface area contributed by atoms with Gasteiger partial charge in [-0.05, 0) is 99.6 Å². The first-order valence-electron chi connectivity index (χ1n) is 19.8. The summed E-state index contributed by atoms with van der Waals surface area (Å²) in [6.45, 7) is 4.27. The molecule has 2 fully saturated rings. The lowest BCUT2D eigenvalue weighted by atomic mass is 9.85. The zero-order valence-electron chi connectivity index (χ0n) is 31.1. The van der Waals surface area contributed by atoms with E-state index in [1.54, 1.807) is 6.20 Å². The molecule has 0 radical (unpaired) electrons. The third-order valence-electron chi connectivity index (χ3n) is 10.9. The van der Waals surface area contributed by atoms with Gasteiger partial charge in [-0.2, -0.15) is 0 Å². The number of aliphatic hydroxyl groups excluding tert-OH is 1. The van der Waals surface area contributed by atoms with Crippen LogP contribution < -0.4 is 15.4 Å². The number of aromatic nitrogens is 1. The number of carbonyl (C=O) groups excluding carboxylic acids is 2. The number of β-amino-alcohol motifs (C(OH)–C–C–N with tert-alkyl or cyclic N) is 1. The molecule has 3 aromatic carbocycles. The second-order valence-electron chi connectivity index (χ2n) is 14.9. The number of nitrogens with one attached hydrogen (secondary N) is 2. The number of ether oxygens (including phenoxy) is 1. The zero-order valence-corrected chi connectivity index (χ0v) is 31.1. The van der Waals surface area contributed by atoms with Crippen molar-refractivity contribution in [3.63, 3.8) is 0 Å². The Morgan fingerprint density at radius 2 is 1.42 bits per heavy atom. The molecule has 4 aromatic rings. The van der Waals surface area contributed by atoms with Crippen LogP contribution in [0, 0.1) is 5.92 Å². The molecule has 0 bridgehead atoms. The van der Waals surface area contributed by atoms with Gasteiger partial charge in [0.1, 0.15) is 18.5 Å². The summed E-state index contributed by atoms with van der Waals surface area (Å²) in [5.41, 5.74) is 3.56. The van der Waals surface area contributed by atoms with Crippen LogP contribution in [-0.4, -0.2) is 95.8 Å². The highest BCUT2D eigenvalue weighted by Gasteiger charge is 2.29. The monoisotopic (exact) mass is 719 g/mol. The van der Waals surface area contributed by atoms with Crippen LogP contribution in [0.5, 0.6) is 5.75 Å². The van der Waals surface area contributed by atoms with E-state index in [4.69, 9.17) is 4.74 Å². The van der Waals surface area contributed by atoms with E-state index in [-0.39, 0.29) is 36.4 Å². The number of aryl methyl sites for hydroxylation is 2. The van der Waals surface area contributed by atoms with Gasteiger partial charge in [-0.25, -0.2) is 0 Å². The number of aliphatic hydroxyl groups is 1.